The van der Waals surface area contributed by atoms with Crippen LogP contribution in [0.25, 0.3) is 0 Å². The third-order valence-electron chi connectivity index (χ3n) is 3.62. The molecule has 1 saturated heterocycles. The van der Waals surface area contributed by atoms with Crippen LogP contribution >= 0.6 is 27.3 Å². The highest BCUT2D eigenvalue weighted by Crippen LogP contribution is 2.29. The van der Waals surface area contributed by atoms with Gasteiger partial charge >= 0.3 is 0 Å². The molecule has 0 spiro atoms. The third-order valence-corrected chi connectivity index (χ3v) is 5.18. The van der Waals surface area contributed by atoms with Gasteiger partial charge in [-0.3, -0.25) is 0 Å². The van der Waals surface area contributed by atoms with Gasteiger partial charge < -0.3 is 14.6 Å². The van der Waals surface area contributed by atoms with Gasteiger partial charge in [0.15, 0.2) is 0 Å². The first-order chi connectivity index (χ1) is 9.78. The van der Waals surface area contributed by atoms with E-state index in [1.165, 1.54) is 9.35 Å². The van der Waals surface area contributed by atoms with Crippen molar-refractivity contribution >= 4 is 27.3 Å². The Balaban J connectivity index is 1.66. The SMILES string of the molecule is CCn1ccnc1[C@H]1OCC[C@@H]1NCc1csc(Br)c1. The van der Waals surface area contributed by atoms with E-state index in [1.807, 2.05) is 12.4 Å². The fourth-order valence-electron chi connectivity index (χ4n) is 2.59. The molecule has 2 atom stereocenters. The Hall–Kier alpha value is -0.690. The second-order valence-corrected chi connectivity index (χ2v) is 7.19. The van der Waals surface area contributed by atoms with E-state index in [0.717, 1.165) is 31.9 Å². The minimum Gasteiger partial charge on any atom is -0.369 e. The summed E-state index contributed by atoms with van der Waals surface area (Å²) in [5.41, 5.74) is 1.31. The molecule has 108 valence electrons. The second-order valence-electron chi connectivity index (χ2n) is 4.90. The van der Waals surface area contributed by atoms with Gasteiger partial charge in [-0.25, -0.2) is 4.98 Å². The minimum atomic E-state index is 0.0621. The van der Waals surface area contributed by atoms with Crippen molar-refractivity contribution in [3.8, 4) is 0 Å². The van der Waals surface area contributed by atoms with E-state index in [0.29, 0.717) is 6.04 Å². The predicted molar refractivity (Wildman–Crippen MR) is 83.9 cm³/mol. The summed E-state index contributed by atoms with van der Waals surface area (Å²) < 4.78 is 9.23. The molecule has 6 heteroatoms. The number of halogens is 1. The molecule has 1 aliphatic rings. The second kappa shape index (κ2) is 6.39. The molecule has 0 unspecified atom stereocenters. The van der Waals surface area contributed by atoms with Crippen LogP contribution in [-0.4, -0.2) is 22.2 Å². The number of imidazole rings is 1. The molecule has 0 amide bonds. The number of nitrogens with zero attached hydrogens (tertiary/aromatic N) is 2. The lowest BCUT2D eigenvalue weighted by molar-refractivity contribution is 0.0886. The van der Waals surface area contributed by atoms with Crippen LogP contribution in [0.3, 0.4) is 0 Å². The Labute approximate surface area is 131 Å². The number of thiophene rings is 1. The molecule has 0 saturated carbocycles. The average Bonchev–Trinajstić information content (AvgIpc) is 3.15. The molecule has 0 aliphatic carbocycles. The number of aromatic nitrogens is 2. The summed E-state index contributed by atoms with van der Waals surface area (Å²) >= 11 is 5.22. The van der Waals surface area contributed by atoms with E-state index < -0.39 is 0 Å². The highest BCUT2D eigenvalue weighted by molar-refractivity contribution is 9.11. The van der Waals surface area contributed by atoms with Gasteiger partial charge in [-0.2, -0.15) is 0 Å². The Morgan fingerprint density at radius 1 is 1.60 bits per heavy atom. The first kappa shape index (κ1) is 14.3. The van der Waals surface area contributed by atoms with E-state index in [9.17, 15) is 0 Å². The van der Waals surface area contributed by atoms with Gasteiger partial charge in [0.1, 0.15) is 11.9 Å². The van der Waals surface area contributed by atoms with Crippen molar-refractivity contribution in [1.29, 1.82) is 0 Å². The first-order valence-corrected chi connectivity index (χ1v) is 8.54. The summed E-state index contributed by atoms with van der Waals surface area (Å²) in [6, 6.07) is 2.50. The van der Waals surface area contributed by atoms with Crippen LogP contribution in [0, 0.1) is 0 Å². The summed E-state index contributed by atoms with van der Waals surface area (Å²) in [5.74, 6) is 1.04. The Kier molecular flexibility index (Phi) is 4.55. The summed E-state index contributed by atoms with van der Waals surface area (Å²) in [7, 11) is 0. The molecular weight excluding hydrogens is 338 g/mol. The molecule has 1 N–H and O–H groups in total. The highest BCUT2D eigenvalue weighted by Gasteiger charge is 2.32. The number of ether oxygens (including phenoxy) is 1. The van der Waals surface area contributed by atoms with Crippen LogP contribution in [0.1, 0.15) is 30.8 Å². The van der Waals surface area contributed by atoms with Crippen molar-refractivity contribution in [2.45, 2.75) is 38.6 Å². The molecule has 1 fully saturated rings. The fourth-order valence-corrected chi connectivity index (χ4v) is 3.79. The normalized spacial score (nSPS) is 22.5. The molecule has 20 heavy (non-hydrogen) atoms. The number of aryl methyl sites for hydroxylation is 1. The van der Waals surface area contributed by atoms with E-state index >= 15 is 0 Å². The van der Waals surface area contributed by atoms with Crippen LogP contribution in [0.2, 0.25) is 0 Å². The maximum atomic E-state index is 5.89. The van der Waals surface area contributed by atoms with Crippen LogP contribution in [0.5, 0.6) is 0 Å². The maximum absolute atomic E-state index is 5.89. The van der Waals surface area contributed by atoms with E-state index in [-0.39, 0.29) is 6.10 Å². The van der Waals surface area contributed by atoms with Crippen LogP contribution in [0.15, 0.2) is 27.6 Å². The van der Waals surface area contributed by atoms with Gasteiger partial charge in [-0.1, -0.05) is 0 Å². The quantitative estimate of drug-likeness (QED) is 0.893. The number of rotatable bonds is 5. The maximum Gasteiger partial charge on any atom is 0.139 e. The van der Waals surface area contributed by atoms with E-state index in [4.69, 9.17) is 4.74 Å². The van der Waals surface area contributed by atoms with Crippen LogP contribution in [-0.2, 0) is 17.8 Å². The zero-order valence-corrected chi connectivity index (χ0v) is 13.8. The van der Waals surface area contributed by atoms with Gasteiger partial charge in [-0.15, -0.1) is 11.3 Å². The van der Waals surface area contributed by atoms with Crippen molar-refractivity contribution in [2.75, 3.05) is 6.61 Å². The summed E-state index contributed by atoms with van der Waals surface area (Å²) in [4.78, 5) is 4.47. The van der Waals surface area contributed by atoms with E-state index in [1.54, 1.807) is 11.3 Å². The fraction of sp³-hybridized carbons (Fsp3) is 0.500. The summed E-state index contributed by atoms with van der Waals surface area (Å²) in [6.07, 6.45) is 4.97. The van der Waals surface area contributed by atoms with Gasteiger partial charge in [0.2, 0.25) is 0 Å². The predicted octanol–water partition coefficient (Wildman–Crippen LogP) is 3.35. The number of hydrogen-bond acceptors (Lipinski definition) is 4. The molecule has 0 radical (unpaired) electrons. The molecule has 4 nitrogen and oxygen atoms in total. The Bertz CT molecular complexity index is 568. The monoisotopic (exact) mass is 355 g/mol. The van der Waals surface area contributed by atoms with E-state index in [2.05, 4.69) is 49.2 Å². The van der Waals surface area contributed by atoms with Crippen molar-refractivity contribution in [3.05, 3.63) is 39.0 Å². The van der Waals surface area contributed by atoms with Crippen molar-refractivity contribution in [3.63, 3.8) is 0 Å². The molecular formula is C14H18BrN3OS. The highest BCUT2D eigenvalue weighted by atomic mass is 79.9. The molecule has 3 rings (SSSR count). The van der Waals surface area contributed by atoms with Crippen molar-refractivity contribution in [1.82, 2.24) is 14.9 Å². The smallest absolute Gasteiger partial charge is 0.139 e. The molecule has 2 aromatic rings. The Morgan fingerprint density at radius 2 is 2.50 bits per heavy atom. The topological polar surface area (TPSA) is 39.1 Å². The van der Waals surface area contributed by atoms with Gasteiger partial charge in [-0.05, 0) is 46.3 Å². The van der Waals surface area contributed by atoms with Crippen LogP contribution < -0.4 is 5.32 Å². The lowest BCUT2D eigenvalue weighted by atomic mass is 10.1. The van der Waals surface area contributed by atoms with Gasteiger partial charge in [0.05, 0.1) is 3.79 Å². The molecule has 0 bridgehead atoms. The lowest BCUT2D eigenvalue weighted by Gasteiger charge is -2.20. The lowest BCUT2D eigenvalue weighted by Crippen LogP contribution is -2.32. The molecule has 0 aromatic carbocycles. The first-order valence-electron chi connectivity index (χ1n) is 6.87. The summed E-state index contributed by atoms with van der Waals surface area (Å²) in [5, 5.41) is 5.78. The summed E-state index contributed by atoms with van der Waals surface area (Å²) in [6.45, 7) is 4.73. The van der Waals surface area contributed by atoms with Crippen molar-refractivity contribution < 1.29 is 4.74 Å². The standard InChI is InChI=1S/C14H18BrN3OS/c1-2-18-5-4-16-14(18)13-11(3-6-19-13)17-8-10-7-12(15)20-9-10/h4-5,7,9,11,13,17H,2-3,6,8H2,1H3/t11-,13-/m0/s1. The van der Waals surface area contributed by atoms with Gasteiger partial charge in [0.25, 0.3) is 0 Å². The largest absolute Gasteiger partial charge is 0.369 e. The third kappa shape index (κ3) is 2.98. The zero-order valence-electron chi connectivity index (χ0n) is 11.4. The average molecular weight is 356 g/mol. The van der Waals surface area contributed by atoms with Crippen LogP contribution in [0.4, 0.5) is 0 Å². The van der Waals surface area contributed by atoms with Gasteiger partial charge in [0, 0.05) is 38.1 Å². The number of hydrogen-bond donors (Lipinski definition) is 1. The zero-order chi connectivity index (χ0) is 13.9. The number of nitrogens with one attached hydrogen (secondary N) is 1. The molecule has 1 aliphatic heterocycles. The Morgan fingerprint density at radius 3 is 3.25 bits per heavy atom. The van der Waals surface area contributed by atoms with Crippen molar-refractivity contribution in [2.24, 2.45) is 0 Å². The molecule has 3 heterocycles. The minimum absolute atomic E-state index is 0.0621. The molecule has 2 aromatic heterocycles.